The molecule has 0 aliphatic rings. The Morgan fingerprint density at radius 3 is 2.42 bits per heavy atom. The second-order valence-electron chi connectivity index (χ2n) is 4.74. The van der Waals surface area contributed by atoms with Crippen LogP contribution in [0.5, 0.6) is 11.5 Å². The summed E-state index contributed by atoms with van der Waals surface area (Å²) in [5.41, 5.74) is 7.09. The third kappa shape index (κ3) is 5.49. The van der Waals surface area contributed by atoms with E-state index < -0.39 is 0 Å². The smallest absolute Gasteiger partial charge is 0.308 e. The minimum absolute atomic E-state index is 0. The zero-order valence-corrected chi connectivity index (χ0v) is 12.6. The highest BCUT2D eigenvalue weighted by atomic mass is 35.5. The van der Waals surface area contributed by atoms with Crippen LogP contribution in [0.1, 0.15) is 38.8 Å². The highest BCUT2D eigenvalue weighted by Gasteiger charge is 2.13. The predicted octanol–water partition coefficient (Wildman–Crippen LogP) is 3.09. The van der Waals surface area contributed by atoms with Crippen LogP contribution in [0.4, 0.5) is 0 Å². The van der Waals surface area contributed by atoms with E-state index >= 15 is 0 Å². The molecule has 0 aromatic heterocycles. The number of hydrogen-bond donors (Lipinski definition) is 1. The standard InChI is InChI=1S/C14H21NO3.ClH/c1-9(2)7-12(15)11-5-6-13(18-10(3)16)14(8-11)17-4;/h5-6,8-9,12H,7,15H2,1-4H3;1H/t12-;/m1./s1. The van der Waals surface area contributed by atoms with Gasteiger partial charge in [-0.05, 0) is 30.0 Å². The van der Waals surface area contributed by atoms with E-state index in [9.17, 15) is 4.79 Å². The van der Waals surface area contributed by atoms with Crippen molar-refractivity contribution in [3.8, 4) is 11.5 Å². The van der Waals surface area contributed by atoms with Gasteiger partial charge >= 0.3 is 5.97 Å². The summed E-state index contributed by atoms with van der Waals surface area (Å²) in [5.74, 6) is 1.11. The van der Waals surface area contributed by atoms with E-state index in [-0.39, 0.29) is 24.4 Å². The van der Waals surface area contributed by atoms with E-state index in [0.29, 0.717) is 17.4 Å². The Balaban J connectivity index is 0.00000324. The van der Waals surface area contributed by atoms with Crippen LogP contribution in [0.25, 0.3) is 0 Å². The first-order valence-corrected chi connectivity index (χ1v) is 6.06. The van der Waals surface area contributed by atoms with E-state index in [1.165, 1.54) is 6.92 Å². The summed E-state index contributed by atoms with van der Waals surface area (Å²) in [6.45, 7) is 5.62. The number of methoxy groups -OCH3 is 1. The predicted molar refractivity (Wildman–Crippen MR) is 77.9 cm³/mol. The van der Waals surface area contributed by atoms with Crippen molar-refractivity contribution < 1.29 is 14.3 Å². The number of benzene rings is 1. The highest BCUT2D eigenvalue weighted by Crippen LogP contribution is 2.31. The molecule has 1 aromatic carbocycles. The molecular formula is C14H22ClNO3. The summed E-state index contributed by atoms with van der Waals surface area (Å²) >= 11 is 0. The molecule has 0 fully saturated rings. The maximum atomic E-state index is 10.9. The molecule has 19 heavy (non-hydrogen) atoms. The topological polar surface area (TPSA) is 61.6 Å². The van der Waals surface area contributed by atoms with E-state index in [1.54, 1.807) is 13.2 Å². The summed E-state index contributed by atoms with van der Waals surface area (Å²) in [4.78, 5) is 10.9. The second kappa shape index (κ2) is 8.02. The van der Waals surface area contributed by atoms with Gasteiger partial charge in [-0.1, -0.05) is 19.9 Å². The van der Waals surface area contributed by atoms with Gasteiger partial charge in [0.1, 0.15) is 0 Å². The highest BCUT2D eigenvalue weighted by molar-refractivity contribution is 5.85. The number of nitrogens with two attached hydrogens (primary N) is 1. The number of ether oxygens (including phenoxy) is 2. The molecule has 4 nitrogen and oxygen atoms in total. The lowest BCUT2D eigenvalue weighted by Crippen LogP contribution is -2.13. The molecule has 0 aliphatic heterocycles. The molecule has 0 saturated heterocycles. The van der Waals surface area contributed by atoms with Gasteiger partial charge < -0.3 is 15.2 Å². The lowest BCUT2D eigenvalue weighted by atomic mass is 9.97. The molecule has 1 rings (SSSR count). The summed E-state index contributed by atoms with van der Waals surface area (Å²) in [7, 11) is 1.54. The number of rotatable bonds is 5. The summed E-state index contributed by atoms with van der Waals surface area (Å²) in [5, 5.41) is 0. The maximum Gasteiger partial charge on any atom is 0.308 e. The van der Waals surface area contributed by atoms with Crippen LogP contribution >= 0.6 is 12.4 Å². The molecule has 5 heteroatoms. The molecule has 1 atom stereocenters. The van der Waals surface area contributed by atoms with Crippen molar-refractivity contribution in [2.45, 2.75) is 33.2 Å². The minimum Gasteiger partial charge on any atom is -0.493 e. The van der Waals surface area contributed by atoms with Crippen molar-refractivity contribution in [1.82, 2.24) is 0 Å². The molecular weight excluding hydrogens is 266 g/mol. The molecule has 2 N–H and O–H groups in total. The number of carbonyl (C=O) groups excluding carboxylic acids is 1. The average Bonchev–Trinajstić information content (AvgIpc) is 2.27. The van der Waals surface area contributed by atoms with Crippen LogP contribution in [-0.2, 0) is 4.79 Å². The minimum atomic E-state index is -0.368. The molecule has 0 unspecified atom stereocenters. The van der Waals surface area contributed by atoms with Gasteiger partial charge in [0.25, 0.3) is 0 Å². The quantitative estimate of drug-likeness (QED) is 0.668. The SMILES string of the molecule is COc1cc([C@H](N)CC(C)C)ccc1OC(C)=O.Cl. The van der Waals surface area contributed by atoms with Gasteiger partial charge in [-0.3, -0.25) is 4.79 Å². The normalized spacial score (nSPS) is 11.7. The molecule has 0 aliphatic carbocycles. The van der Waals surface area contributed by atoms with Gasteiger partial charge in [-0.2, -0.15) is 0 Å². The Kier molecular flexibility index (Phi) is 7.49. The van der Waals surface area contributed by atoms with E-state index in [2.05, 4.69) is 13.8 Å². The molecule has 1 aromatic rings. The van der Waals surface area contributed by atoms with E-state index in [1.807, 2.05) is 12.1 Å². The Bertz CT molecular complexity index is 421. The van der Waals surface area contributed by atoms with Gasteiger partial charge in [0.2, 0.25) is 0 Å². The van der Waals surface area contributed by atoms with Crippen molar-refractivity contribution >= 4 is 18.4 Å². The van der Waals surface area contributed by atoms with Crippen LogP contribution in [0.2, 0.25) is 0 Å². The summed E-state index contributed by atoms with van der Waals surface area (Å²) in [6.07, 6.45) is 0.899. The van der Waals surface area contributed by atoms with Crippen LogP contribution in [-0.4, -0.2) is 13.1 Å². The molecule has 0 radical (unpaired) electrons. The number of esters is 1. The van der Waals surface area contributed by atoms with Crippen molar-refractivity contribution in [3.63, 3.8) is 0 Å². The number of hydrogen-bond acceptors (Lipinski definition) is 4. The van der Waals surface area contributed by atoms with E-state index in [4.69, 9.17) is 15.2 Å². The maximum absolute atomic E-state index is 10.9. The van der Waals surface area contributed by atoms with Crippen LogP contribution in [0.3, 0.4) is 0 Å². The second-order valence-corrected chi connectivity index (χ2v) is 4.74. The lowest BCUT2D eigenvalue weighted by Gasteiger charge is -2.16. The van der Waals surface area contributed by atoms with Crippen molar-refractivity contribution in [3.05, 3.63) is 23.8 Å². The van der Waals surface area contributed by atoms with Gasteiger partial charge in [0.05, 0.1) is 7.11 Å². The van der Waals surface area contributed by atoms with Gasteiger partial charge in [0.15, 0.2) is 11.5 Å². The molecule has 0 amide bonds. The molecule has 0 bridgehead atoms. The van der Waals surface area contributed by atoms with Gasteiger partial charge in [0, 0.05) is 13.0 Å². The average molecular weight is 288 g/mol. The Morgan fingerprint density at radius 1 is 1.32 bits per heavy atom. The molecule has 108 valence electrons. The van der Waals surface area contributed by atoms with Gasteiger partial charge in [-0.25, -0.2) is 0 Å². The molecule has 0 saturated carbocycles. The van der Waals surface area contributed by atoms with Gasteiger partial charge in [-0.15, -0.1) is 12.4 Å². The van der Waals surface area contributed by atoms with Crippen molar-refractivity contribution in [1.29, 1.82) is 0 Å². The first-order valence-electron chi connectivity index (χ1n) is 6.06. The first-order chi connectivity index (χ1) is 8.43. The zero-order valence-electron chi connectivity index (χ0n) is 11.8. The fraction of sp³-hybridized carbons (Fsp3) is 0.500. The third-order valence-electron chi connectivity index (χ3n) is 2.59. The van der Waals surface area contributed by atoms with Crippen LogP contribution in [0.15, 0.2) is 18.2 Å². The molecule has 0 spiro atoms. The Morgan fingerprint density at radius 2 is 1.95 bits per heavy atom. The Hall–Kier alpha value is -1.26. The first kappa shape index (κ1) is 17.7. The number of halogens is 1. The van der Waals surface area contributed by atoms with Crippen molar-refractivity contribution in [2.24, 2.45) is 11.7 Å². The zero-order chi connectivity index (χ0) is 13.7. The summed E-state index contributed by atoms with van der Waals surface area (Å²) < 4.78 is 10.3. The van der Waals surface area contributed by atoms with Crippen molar-refractivity contribution in [2.75, 3.05) is 7.11 Å². The monoisotopic (exact) mass is 287 g/mol. The van der Waals surface area contributed by atoms with E-state index in [0.717, 1.165) is 12.0 Å². The summed E-state index contributed by atoms with van der Waals surface area (Å²) in [6, 6.07) is 5.37. The van der Waals surface area contributed by atoms with Crippen LogP contribution < -0.4 is 15.2 Å². The Labute approximate surface area is 120 Å². The lowest BCUT2D eigenvalue weighted by molar-refractivity contribution is -0.132. The molecule has 0 heterocycles. The fourth-order valence-corrected chi connectivity index (χ4v) is 1.80. The largest absolute Gasteiger partial charge is 0.493 e. The fourth-order valence-electron chi connectivity index (χ4n) is 1.80. The number of carbonyl (C=O) groups is 1. The third-order valence-corrected chi connectivity index (χ3v) is 2.59. The van der Waals surface area contributed by atoms with Crippen LogP contribution in [0, 0.1) is 5.92 Å².